The molecule has 0 aliphatic heterocycles. The van der Waals surface area contributed by atoms with Gasteiger partial charge in [-0.15, -0.1) is 24.8 Å². The summed E-state index contributed by atoms with van der Waals surface area (Å²) < 4.78 is 6.67. The first-order chi connectivity index (χ1) is 10.7. The first kappa shape index (κ1) is 22.7. The summed E-state index contributed by atoms with van der Waals surface area (Å²) in [7, 11) is 1.88. The van der Waals surface area contributed by atoms with E-state index in [-0.39, 0.29) is 30.7 Å². The second-order valence-electron chi connectivity index (χ2n) is 4.63. The highest BCUT2D eigenvalue weighted by atomic mass is 79.9. The molecule has 24 heavy (non-hydrogen) atoms. The molecule has 0 saturated heterocycles. The first-order valence-corrected chi connectivity index (χ1v) is 7.81. The largest absolute Gasteiger partial charge is 0.438 e. The van der Waals surface area contributed by atoms with Gasteiger partial charge in [0.2, 0.25) is 5.88 Å². The quantitative estimate of drug-likeness (QED) is 0.647. The van der Waals surface area contributed by atoms with Crippen molar-refractivity contribution in [2.75, 3.05) is 20.1 Å². The summed E-state index contributed by atoms with van der Waals surface area (Å²) in [6, 6.07) is 10.8. The van der Waals surface area contributed by atoms with Crippen LogP contribution >= 0.6 is 40.7 Å². The Kier molecular flexibility index (Phi) is 11.4. The van der Waals surface area contributed by atoms with E-state index in [1.807, 2.05) is 31.3 Å². The van der Waals surface area contributed by atoms with Gasteiger partial charge < -0.3 is 15.4 Å². The van der Waals surface area contributed by atoms with Crippen LogP contribution in [0.25, 0.3) is 0 Å². The molecular weight excluding hydrogens is 417 g/mol. The highest BCUT2D eigenvalue weighted by molar-refractivity contribution is 9.10. The van der Waals surface area contributed by atoms with E-state index in [1.54, 1.807) is 18.3 Å². The van der Waals surface area contributed by atoms with Gasteiger partial charge in [-0.25, -0.2) is 4.98 Å². The van der Waals surface area contributed by atoms with Crippen molar-refractivity contribution in [3.63, 3.8) is 0 Å². The summed E-state index contributed by atoms with van der Waals surface area (Å²) in [5.41, 5.74) is 0.426. The zero-order valence-corrected chi connectivity index (χ0v) is 16.3. The molecule has 8 heteroatoms. The molecule has 0 aliphatic rings. The molecule has 2 rings (SSSR count). The van der Waals surface area contributed by atoms with Gasteiger partial charge in [0.1, 0.15) is 11.3 Å². The van der Waals surface area contributed by atoms with Crippen molar-refractivity contribution in [2.45, 2.75) is 6.42 Å². The van der Waals surface area contributed by atoms with E-state index in [2.05, 4.69) is 31.5 Å². The van der Waals surface area contributed by atoms with Crippen LogP contribution in [0.1, 0.15) is 16.8 Å². The van der Waals surface area contributed by atoms with E-state index in [9.17, 15) is 4.79 Å². The molecule has 1 aromatic heterocycles. The third-order valence-electron chi connectivity index (χ3n) is 2.93. The maximum absolute atomic E-state index is 12.2. The normalized spacial score (nSPS) is 9.42. The number of ether oxygens (including phenoxy) is 1. The molecule has 132 valence electrons. The lowest BCUT2D eigenvalue weighted by Gasteiger charge is -2.10. The molecule has 5 nitrogen and oxygen atoms in total. The Morgan fingerprint density at radius 1 is 1.17 bits per heavy atom. The molecule has 0 saturated carbocycles. The first-order valence-electron chi connectivity index (χ1n) is 7.02. The molecule has 0 spiro atoms. The van der Waals surface area contributed by atoms with Crippen LogP contribution in [0.4, 0.5) is 0 Å². The molecule has 2 aromatic rings. The molecule has 0 aliphatic carbocycles. The summed E-state index contributed by atoms with van der Waals surface area (Å²) in [6.45, 7) is 1.46. The van der Waals surface area contributed by atoms with Crippen LogP contribution in [0.15, 0.2) is 47.1 Å². The van der Waals surface area contributed by atoms with Crippen LogP contribution < -0.4 is 15.4 Å². The fraction of sp³-hybridized carbons (Fsp3) is 0.250. The molecule has 1 amide bonds. The number of hydrogen-bond acceptors (Lipinski definition) is 4. The number of pyridine rings is 1. The molecule has 2 N–H and O–H groups in total. The zero-order chi connectivity index (χ0) is 15.8. The van der Waals surface area contributed by atoms with Gasteiger partial charge >= 0.3 is 0 Å². The van der Waals surface area contributed by atoms with Crippen LogP contribution in [0.5, 0.6) is 11.6 Å². The minimum atomic E-state index is -0.184. The van der Waals surface area contributed by atoms with Gasteiger partial charge in [-0.2, -0.15) is 0 Å². The van der Waals surface area contributed by atoms with Gasteiger partial charge in [0.25, 0.3) is 5.91 Å². The number of nitrogens with one attached hydrogen (secondary N) is 2. The van der Waals surface area contributed by atoms with Gasteiger partial charge in [-0.1, -0.05) is 15.9 Å². The summed E-state index contributed by atoms with van der Waals surface area (Å²) in [4.78, 5) is 16.4. The van der Waals surface area contributed by atoms with Crippen LogP contribution in [-0.4, -0.2) is 31.0 Å². The number of aromatic nitrogens is 1. The minimum Gasteiger partial charge on any atom is -0.438 e. The summed E-state index contributed by atoms with van der Waals surface area (Å²) in [5.74, 6) is 0.749. The van der Waals surface area contributed by atoms with E-state index >= 15 is 0 Å². The number of amides is 1. The SMILES string of the molecule is CNCCCNC(=O)c1cccnc1Oc1ccc(Br)cc1.Cl.Cl. The Morgan fingerprint density at radius 2 is 1.88 bits per heavy atom. The van der Waals surface area contributed by atoms with Crippen molar-refractivity contribution in [1.29, 1.82) is 0 Å². The molecule has 0 radical (unpaired) electrons. The van der Waals surface area contributed by atoms with E-state index in [4.69, 9.17) is 4.74 Å². The van der Waals surface area contributed by atoms with Gasteiger partial charge in [0, 0.05) is 17.2 Å². The molecule has 1 aromatic carbocycles. The predicted octanol–water partition coefficient (Wildman–Crippen LogP) is 3.82. The standard InChI is InChI=1S/C16H18BrN3O2.2ClH/c1-18-9-3-11-19-15(21)14-4-2-10-20-16(14)22-13-7-5-12(17)6-8-13;;/h2,4-8,10,18H,3,9,11H2,1H3,(H,19,21);2*1H. The third kappa shape index (κ3) is 7.05. The summed E-state index contributed by atoms with van der Waals surface area (Å²) >= 11 is 3.37. The van der Waals surface area contributed by atoms with E-state index in [0.717, 1.165) is 17.4 Å². The number of benzene rings is 1. The number of carbonyl (C=O) groups is 1. The van der Waals surface area contributed by atoms with Crippen molar-refractivity contribution in [3.05, 3.63) is 52.6 Å². The van der Waals surface area contributed by atoms with E-state index in [0.29, 0.717) is 23.7 Å². The lowest BCUT2D eigenvalue weighted by Crippen LogP contribution is -2.27. The van der Waals surface area contributed by atoms with E-state index in [1.165, 1.54) is 0 Å². The predicted molar refractivity (Wildman–Crippen MR) is 104 cm³/mol. The number of carbonyl (C=O) groups excluding carboxylic acids is 1. The lowest BCUT2D eigenvalue weighted by molar-refractivity contribution is 0.0950. The number of halogens is 3. The lowest BCUT2D eigenvalue weighted by atomic mass is 10.2. The van der Waals surface area contributed by atoms with Gasteiger partial charge in [-0.3, -0.25) is 4.79 Å². The second-order valence-corrected chi connectivity index (χ2v) is 5.54. The zero-order valence-electron chi connectivity index (χ0n) is 13.1. The Morgan fingerprint density at radius 3 is 2.54 bits per heavy atom. The van der Waals surface area contributed by atoms with Gasteiger partial charge in [0.15, 0.2) is 0 Å². The van der Waals surface area contributed by atoms with Gasteiger partial charge in [0.05, 0.1) is 0 Å². The van der Waals surface area contributed by atoms with Gasteiger partial charge in [-0.05, 0) is 56.4 Å². The second kappa shape index (κ2) is 12.1. The van der Waals surface area contributed by atoms with Crippen molar-refractivity contribution in [2.24, 2.45) is 0 Å². The molecule has 0 bridgehead atoms. The smallest absolute Gasteiger partial charge is 0.256 e. The molecule has 0 atom stereocenters. The number of nitrogens with zero attached hydrogens (tertiary/aromatic N) is 1. The monoisotopic (exact) mass is 435 g/mol. The molecular formula is C16H20BrCl2N3O2. The van der Waals surface area contributed by atoms with E-state index < -0.39 is 0 Å². The Hall–Kier alpha value is -1.34. The maximum atomic E-state index is 12.2. The highest BCUT2D eigenvalue weighted by Crippen LogP contribution is 2.24. The van der Waals surface area contributed by atoms with Crippen LogP contribution in [0.3, 0.4) is 0 Å². The average molecular weight is 437 g/mol. The topological polar surface area (TPSA) is 63.2 Å². The van der Waals surface area contributed by atoms with Crippen molar-refractivity contribution < 1.29 is 9.53 Å². The molecule has 0 fully saturated rings. The molecule has 0 unspecified atom stereocenters. The maximum Gasteiger partial charge on any atom is 0.256 e. The minimum absolute atomic E-state index is 0. The Bertz CT molecular complexity index is 627. The fourth-order valence-electron chi connectivity index (χ4n) is 1.82. The Balaban J connectivity index is 0.00000264. The van der Waals surface area contributed by atoms with Crippen LogP contribution in [0.2, 0.25) is 0 Å². The third-order valence-corrected chi connectivity index (χ3v) is 3.46. The van der Waals surface area contributed by atoms with Crippen molar-refractivity contribution >= 4 is 46.7 Å². The van der Waals surface area contributed by atoms with Crippen LogP contribution in [0, 0.1) is 0 Å². The Labute approximate surface area is 162 Å². The van der Waals surface area contributed by atoms with Crippen LogP contribution in [-0.2, 0) is 0 Å². The summed E-state index contributed by atoms with van der Waals surface area (Å²) in [5, 5.41) is 5.90. The van der Waals surface area contributed by atoms with Crippen molar-refractivity contribution in [1.82, 2.24) is 15.6 Å². The average Bonchev–Trinajstić information content (AvgIpc) is 2.54. The number of rotatable bonds is 7. The highest BCUT2D eigenvalue weighted by Gasteiger charge is 2.13. The fourth-order valence-corrected chi connectivity index (χ4v) is 2.09. The summed E-state index contributed by atoms with van der Waals surface area (Å²) in [6.07, 6.45) is 2.47. The molecule has 1 heterocycles. The van der Waals surface area contributed by atoms with Crippen molar-refractivity contribution in [3.8, 4) is 11.6 Å². The number of hydrogen-bond donors (Lipinski definition) is 2.